The van der Waals surface area contributed by atoms with E-state index in [1.165, 1.54) is 6.21 Å². The Bertz CT molecular complexity index is 1490. The first kappa shape index (κ1) is 26.9. The van der Waals surface area contributed by atoms with Gasteiger partial charge >= 0.3 is 0 Å². The minimum Gasteiger partial charge on any atom is -0.337 e. The van der Waals surface area contributed by atoms with Crippen LogP contribution in [0.1, 0.15) is 10.4 Å². The zero-order chi connectivity index (χ0) is 27.8. The summed E-state index contributed by atoms with van der Waals surface area (Å²) < 4.78 is 14.9. The van der Waals surface area contributed by atoms with Crippen LogP contribution in [0.5, 0.6) is 0 Å². The molecule has 1 atom stereocenters. The number of hydrogen-bond donors (Lipinski definition) is 2. The smallest absolute Gasteiger partial charge is 0.278 e. The fraction of sp³-hybridized carbons (Fsp3) is 0.0370. The molecule has 0 unspecified atom stereocenters. The topological polar surface area (TPSA) is 157 Å². The molecule has 2 N–H and O–H groups in total. The van der Waals surface area contributed by atoms with E-state index >= 15 is 0 Å². The first-order chi connectivity index (χ1) is 18.8. The van der Waals surface area contributed by atoms with E-state index in [0.29, 0.717) is 16.2 Å². The van der Waals surface area contributed by atoms with Crippen molar-refractivity contribution in [2.45, 2.75) is 5.78 Å². The van der Waals surface area contributed by atoms with E-state index in [1.807, 2.05) is 0 Å². The number of benzene rings is 4. The number of hydrogen-bond acceptors (Lipinski definition) is 8. The van der Waals surface area contributed by atoms with Gasteiger partial charge in [0.05, 0.1) is 27.8 Å². The highest BCUT2D eigenvalue weighted by Gasteiger charge is 2.37. The number of nitrogens with zero attached hydrogens (tertiary/aromatic N) is 3. The van der Waals surface area contributed by atoms with Crippen LogP contribution < -0.4 is 21.4 Å². The second-order valence-electron chi connectivity index (χ2n) is 8.26. The molecule has 0 aliphatic heterocycles. The van der Waals surface area contributed by atoms with Gasteiger partial charge in [0.15, 0.2) is 7.14 Å². The monoisotopic (exact) mass is 543 g/mol. The fourth-order valence-electron chi connectivity index (χ4n) is 3.85. The number of rotatable bonds is 10. The van der Waals surface area contributed by atoms with Crippen LogP contribution in [0.4, 0.5) is 17.1 Å². The number of anilines is 1. The van der Waals surface area contributed by atoms with Gasteiger partial charge in [-0.15, -0.1) is 0 Å². The zero-order valence-electron chi connectivity index (χ0n) is 20.3. The largest absolute Gasteiger partial charge is 0.337 e. The molecule has 12 heteroatoms. The third kappa shape index (κ3) is 6.23. The number of non-ortho nitro benzene ring substituents is 2. The Balaban J connectivity index is 1.77. The molecule has 0 saturated carbocycles. The molecule has 0 spiro atoms. The van der Waals surface area contributed by atoms with Crippen molar-refractivity contribution < 1.29 is 19.2 Å². The van der Waals surface area contributed by atoms with Crippen molar-refractivity contribution in [2.75, 3.05) is 5.43 Å². The molecule has 4 aromatic rings. The van der Waals surface area contributed by atoms with Crippen LogP contribution in [-0.4, -0.2) is 27.8 Å². The quantitative estimate of drug-likeness (QED) is 0.127. The third-order valence-corrected chi connectivity index (χ3v) is 8.90. The maximum absolute atomic E-state index is 14.9. The zero-order valence-corrected chi connectivity index (χ0v) is 21.2. The lowest BCUT2D eigenvalue weighted by molar-refractivity contribution is -0.394. The van der Waals surface area contributed by atoms with E-state index in [1.54, 1.807) is 91.0 Å². The number of carbonyl (C=O) groups excluding carboxylic acids is 1. The molecule has 0 fully saturated rings. The summed E-state index contributed by atoms with van der Waals surface area (Å²) in [7, 11) is -3.62. The van der Waals surface area contributed by atoms with Gasteiger partial charge in [-0.05, 0) is 12.1 Å². The average molecular weight is 543 g/mol. The molecule has 0 aromatic heterocycles. The van der Waals surface area contributed by atoms with E-state index in [9.17, 15) is 29.6 Å². The van der Waals surface area contributed by atoms with Crippen LogP contribution in [-0.2, 0) is 4.57 Å². The molecule has 4 aromatic carbocycles. The van der Waals surface area contributed by atoms with Gasteiger partial charge in [0.2, 0.25) is 0 Å². The first-order valence-electron chi connectivity index (χ1n) is 11.6. The Morgan fingerprint density at radius 1 is 0.769 bits per heavy atom. The Morgan fingerprint density at radius 3 is 1.69 bits per heavy atom. The van der Waals surface area contributed by atoms with Gasteiger partial charge in [-0.25, -0.2) is 0 Å². The second-order valence-corrected chi connectivity index (χ2v) is 11.2. The van der Waals surface area contributed by atoms with Crippen LogP contribution in [0.2, 0.25) is 0 Å². The summed E-state index contributed by atoms with van der Waals surface area (Å²) in [5.41, 5.74) is 1.84. The summed E-state index contributed by atoms with van der Waals surface area (Å²) in [5, 5.41) is 30.3. The lowest BCUT2D eigenvalue weighted by Gasteiger charge is -2.27. The van der Waals surface area contributed by atoms with Gasteiger partial charge in [0.1, 0.15) is 5.78 Å². The molecule has 39 heavy (non-hydrogen) atoms. The van der Waals surface area contributed by atoms with Crippen LogP contribution in [0.3, 0.4) is 0 Å². The van der Waals surface area contributed by atoms with Gasteiger partial charge in [-0.1, -0.05) is 78.9 Å². The van der Waals surface area contributed by atoms with Crippen LogP contribution in [0.25, 0.3) is 0 Å². The second kappa shape index (κ2) is 11.9. The number of amides is 1. The van der Waals surface area contributed by atoms with E-state index in [0.717, 1.165) is 18.2 Å². The molecular weight excluding hydrogens is 521 g/mol. The van der Waals surface area contributed by atoms with Gasteiger partial charge in [0.25, 0.3) is 17.3 Å². The predicted molar refractivity (Wildman–Crippen MR) is 149 cm³/mol. The minimum absolute atomic E-state index is 0.0328. The average Bonchev–Trinajstić information content (AvgIpc) is 2.97. The van der Waals surface area contributed by atoms with Crippen LogP contribution >= 0.6 is 7.14 Å². The SMILES string of the molecule is O=C(N[C@H](/C=N/Nc1cc([N+](=O)[O-])cc([N+](=O)[O-])c1)P(=O)(c1ccccc1)c1ccccc1)c1ccccc1. The molecule has 0 aliphatic rings. The maximum atomic E-state index is 14.9. The number of hydrazone groups is 1. The highest BCUT2D eigenvalue weighted by Crippen LogP contribution is 2.47. The van der Waals surface area contributed by atoms with Crippen molar-refractivity contribution >= 4 is 46.9 Å². The van der Waals surface area contributed by atoms with Crippen molar-refractivity contribution in [1.29, 1.82) is 0 Å². The summed E-state index contributed by atoms with van der Waals surface area (Å²) in [6.07, 6.45) is 1.23. The van der Waals surface area contributed by atoms with Gasteiger partial charge in [-0.2, -0.15) is 5.10 Å². The van der Waals surface area contributed by atoms with Crippen LogP contribution in [0, 0.1) is 20.2 Å². The number of nitrogens with one attached hydrogen (secondary N) is 2. The van der Waals surface area contributed by atoms with Crippen molar-refractivity contribution in [3.63, 3.8) is 0 Å². The Labute approximate surface area is 222 Å². The molecule has 11 nitrogen and oxygen atoms in total. The van der Waals surface area contributed by atoms with Gasteiger partial charge in [-0.3, -0.25) is 30.4 Å². The van der Waals surface area contributed by atoms with E-state index < -0.39 is 40.1 Å². The van der Waals surface area contributed by atoms with E-state index in [-0.39, 0.29) is 5.69 Å². The Morgan fingerprint density at radius 2 is 1.23 bits per heavy atom. The number of nitro groups is 2. The Kier molecular flexibility index (Phi) is 8.23. The summed E-state index contributed by atoms with van der Waals surface area (Å²) in [6.45, 7) is 0. The normalized spacial score (nSPS) is 12.0. The molecule has 196 valence electrons. The molecule has 0 aliphatic carbocycles. The minimum atomic E-state index is -3.62. The molecule has 0 saturated heterocycles. The highest BCUT2D eigenvalue weighted by molar-refractivity contribution is 7.80. The summed E-state index contributed by atoms with van der Waals surface area (Å²) in [4.78, 5) is 34.1. The van der Waals surface area contributed by atoms with Gasteiger partial charge < -0.3 is 9.88 Å². The van der Waals surface area contributed by atoms with E-state index in [4.69, 9.17) is 0 Å². The summed E-state index contributed by atoms with van der Waals surface area (Å²) in [5.74, 6) is -1.65. The highest BCUT2D eigenvalue weighted by atomic mass is 31.2. The van der Waals surface area contributed by atoms with Crippen molar-refractivity contribution in [2.24, 2.45) is 5.10 Å². The molecule has 0 bridgehead atoms. The third-order valence-electron chi connectivity index (χ3n) is 5.72. The first-order valence-corrected chi connectivity index (χ1v) is 13.4. The van der Waals surface area contributed by atoms with Crippen molar-refractivity contribution in [3.8, 4) is 0 Å². The number of nitro benzene ring substituents is 2. The van der Waals surface area contributed by atoms with Gasteiger partial charge in [0, 0.05) is 28.3 Å². The summed E-state index contributed by atoms with van der Waals surface area (Å²) in [6, 6.07) is 28.6. The number of carbonyl (C=O) groups is 1. The standard InChI is InChI=1S/C27H22N5O6P/c33-27(20-10-4-1-5-11-20)29-26(19-28-30-21-16-22(31(34)35)18-23(17-21)32(36)37)39(38,24-12-6-2-7-13-24)25-14-8-3-9-15-25/h1-19,26,30H,(H,29,33)/b28-19+/t26-/m0/s1. The van der Waals surface area contributed by atoms with E-state index in [2.05, 4.69) is 15.8 Å². The molecule has 4 rings (SSSR count). The molecular formula is C27H22N5O6P. The predicted octanol–water partition coefficient (Wildman–Crippen LogP) is 4.67. The Hall–Kier alpha value is -5.15. The van der Waals surface area contributed by atoms with Crippen LogP contribution in [0.15, 0.2) is 114 Å². The lowest BCUT2D eigenvalue weighted by atomic mass is 10.2. The van der Waals surface area contributed by atoms with Crippen molar-refractivity contribution in [1.82, 2.24) is 5.32 Å². The molecule has 0 radical (unpaired) electrons. The fourth-order valence-corrected chi connectivity index (χ4v) is 6.58. The van der Waals surface area contributed by atoms with Crippen molar-refractivity contribution in [3.05, 3.63) is 135 Å². The lowest BCUT2D eigenvalue weighted by Crippen LogP contribution is -2.41. The molecule has 0 heterocycles. The maximum Gasteiger partial charge on any atom is 0.278 e. The molecule has 1 amide bonds. The summed E-state index contributed by atoms with van der Waals surface area (Å²) >= 11 is 0.